The molecular weight excluding hydrogens is 552 g/mol. The second-order valence-corrected chi connectivity index (χ2v) is 12.5. The Morgan fingerprint density at radius 2 is 1.93 bits per heavy atom. The molecule has 2 heterocycles. The summed E-state index contributed by atoms with van der Waals surface area (Å²) in [6.07, 6.45) is 0.854. The number of nitrogens with zero attached hydrogens (tertiary/aromatic N) is 1. The quantitative estimate of drug-likeness (QED) is 0.182. The van der Waals surface area contributed by atoms with Crippen LogP contribution in [0.2, 0.25) is 0 Å². The van der Waals surface area contributed by atoms with Crippen LogP contribution in [0.3, 0.4) is 0 Å². The third-order valence-corrected chi connectivity index (χ3v) is 9.10. The summed E-state index contributed by atoms with van der Waals surface area (Å²) < 4.78 is 46.8. The van der Waals surface area contributed by atoms with E-state index in [9.17, 15) is 29.2 Å². The lowest BCUT2D eigenvalue weighted by Crippen LogP contribution is -2.50. The molecule has 2 unspecified atom stereocenters. The number of hydrogen-bond acceptors (Lipinski definition) is 10. The maximum Gasteiger partial charge on any atom is 0.353 e. The number of ether oxygens (including phenoxy) is 2. The first kappa shape index (κ1) is 30.1. The van der Waals surface area contributed by atoms with Crippen molar-refractivity contribution in [3.8, 4) is 5.75 Å². The Morgan fingerprint density at radius 3 is 2.58 bits per heavy atom. The van der Waals surface area contributed by atoms with Crippen LogP contribution in [0.1, 0.15) is 52.2 Å². The Hall–Kier alpha value is -2.87. The number of hydrogen-bond donors (Lipinski definition) is 4. The summed E-state index contributed by atoms with van der Waals surface area (Å²) >= 11 is 0. The second kappa shape index (κ2) is 11.9. The first-order valence-corrected chi connectivity index (χ1v) is 14.6. The van der Waals surface area contributed by atoms with E-state index >= 15 is 4.39 Å². The number of aromatic amines is 1. The van der Waals surface area contributed by atoms with Gasteiger partial charge in [0.05, 0.1) is 0 Å². The van der Waals surface area contributed by atoms with Crippen LogP contribution in [0.4, 0.5) is 4.39 Å². The molecule has 1 saturated carbocycles. The van der Waals surface area contributed by atoms with Crippen molar-refractivity contribution in [3.63, 3.8) is 0 Å². The van der Waals surface area contributed by atoms with E-state index in [1.807, 2.05) is 4.98 Å². The van der Waals surface area contributed by atoms with Gasteiger partial charge in [-0.3, -0.25) is 28.5 Å². The van der Waals surface area contributed by atoms with Gasteiger partial charge in [0, 0.05) is 12.3 Å². The van der Waals surface area contributed by atoms with E-state index in [0.29, 0.717) is 17.4 Å². The van der Waals surface area contributed by atoms with E-state index in [4.69, 9.17) is 18.8 Å². The van der Waals surface area contributed by atoms with Crippen LogP contribution in [-0.2, 0) is 23.7 Å². The lowest BCUT2D eigenvalue weighted by atomic mass is 9.95. The summed E-state index contributed by atoms with van der Waals surface area (Å²) in [6, 6.07) is 8.88. The van der Waals surface area contributed by atoms with Crippen molar-refractivity contribution in [1.82, 2.24) is 14.8 Å². The van der Waals surface area contributed by atoms with Gasteiger partial charge in [-0.2, -0.15) is 0 Å². The number of rotatable bonds is 10. The van der Waals surface area contributed by atoms with E-state index in [1.165, 1.54) is 19.1 Å². The number of halogens is 1. The van der Waals surface area contributed by atoms with Gasteiger partial charge in [-0.25, -0.2) is 9.18 Å². The topological polar surface area (TPSA) is 178 Å². The Morgan fingerprint density at radius 1 is 1.25 bits per heavy atom. The van der Waals surface area contributed by atoms with Gasteiger partial charge in [0.1, 0.15) is 30.2 Å². The molecule has 0 bridgehead atoms. The highest BCUT2D eigenvalue weighted by Gasteiger charge is 2.63. The van der Waals surface area contributed by atoms with Crippen LogP contribution in [0, 0.1) is 0 Å². The molecule has 40 heavy (non-hydrogen) atoms. The maximum absolute atomic E-state index is 15.8. The molecule has 15 heteroatoms. The molecule has 0 amide bonds. The molecule has 220 valence electrons. The van der Waals surface area contributed by atoms with Gasteiger partial charge in [0.15, 0.2) is 11.9 Å². The smallest absolute Gasteiger partial charge is 0.353 e. The molecule has 1 saturated heterocycles. The fourth-order valence-electron chi connectivity index (χ4n) is 4.62. The molecule has 4 N–H and O–H groups in total. The number of benzene rings is 1. The standard InChI is InChI=1S/C25H33FN3O10P/c1-16(20(31)37-17-9-5-3-6-10-17)40(35,39-18-11-7-4-8-12-18)28-36-15-25(26)21(32)24(2,34)22(38-25)29-14-13-19(30)27-23(29)33/h4,7-8,11-14,16-17,21-22,32,34H,3,5-6,9-10,15H2,1-2H3,(H,28,35)(H,27,30,33)/t16?,21-,22+,24+,25+,40?/m0/s1. The fraction of sp³-hybridized carbons (Fsp3) is 0.560. The monoisotopic (exact) mass is 585 g/mol. The Bertz CT molecular complexity index is 1350. The summed E-state index contributed by atoms with van der Waals surface area (Å²) in [5.74, 6) is -3.79. The molecule has 1 aromatic carbocycles. The second-order valence-electron chi connectivity index (χ2n) is 10.2. The average Bonchev–Trinajstić information content (AvgIpc) is 3.09. The largest absolute Gasteiger partial charge is 0.462 e. The Kier molecular flexibility index (Phi) is 8.98. The number of carbonyl (C=O) groups excluding carboxylic acids is 1. The highest BCUT2D eigenvalue weighted by atomic mass is 31.2. The minimum absolute atomic E-state index is 0.131. The van der Waals surface area contributed by atoms with Gasteiger partial charge >= 0.3 is 19.2 Å². The predicted molar refractivity (Wildman–Crippen MR) is 138 cm³/mol. The Balaban J connectivity index is 1.50. The minimum Gasteiger partial charge on any atom is -0.462 e. The van der Waals surface area contributed by atoms with E-state index in [1.54, 1.807) is 18.2 Å². The molecule has 6 atom stereocenters. The van der Waals surface area contributed by atoms with Crippen LogP contribution in [-0.4, -0.2) is 61.7 Å². The normalized spacial score (nSPS) is 29.4. The van der Waals surface area contributed by atoms with Crippen LogP contribution in [0.25, 0.3) is 0 Å². The minimum atomic E-state index is -4.29. The molecule has 0 radical (unpaired) electrons. The van der Waals surface area contributed by atoms with Gasteiger partial charge in [-0.05, 0) is 51.7 Å². The number of esters is 1. The SMILES string of the molecule is CC(C(=O)OC1CCCCC1)P(=O)(NOC[C@@]1(F)O[C@@H](n2ccc(=O)[nH]c2=O)[C@](C)(O)[C@@H]1O)Oc1ccccc1. The van der Waals surface area contributed by atoms with E-state index in [2.05, 4.69) is 5.25 Å². The number of alkyl halides is 1. The zero-order valence-electron chi connectivity index (χ0n) is 22.0. The molecule has 1 aliphatic carbocycles. The third-order valence-electron chi connectivity index (χ3n) is 7.00. The highest BCUT2D eigenvalue weighted by molar-refractivity contribution is 7.58. The third kappa shape index (κ3) is 6.37. The van der Waals surface area contributed by atoms with Crippen molar-refractivity contribution in [3.05, 3.63) is 63.4 Å². The first-order chi connectivity index (χ1) is 18.9. The number of aliphatic hydroxyl groups excluding tert-OH is 1. The number of para-hydroxylation sites is 1. The van der Waals surface area contributed by atoms with Gasteiger partial charge in [0.25, 0.3) is 11.4 Å². The van der Waals surface area contributed by atoms with Crippen LogP contribution >= 0.6 is 7.52 Å². The maximum atomic E-state index is 15.8. The van der Waals surface area contributed by atoms with E-state index < -0.39 is 60.8 Å². The van der Waals surface area contributed by atoms with Gasteiger partial charge in [-0.1, -0.05) is 24.6 Å². The van der Waals surface area contributed by atoms with Crippen LogP contribution in [0.5, 0.6) is 5.75 Å². The number of aromatic nitrogens is 2. The molecule has 1 aromatic heterocycles. The molecule has 2 fully saturated rings. The summed E-state index contributed by atoms with van der Waals surface area (Å²) in [7, 11) is -4.29. The van der Waals surface area contributed by atoms with Crippen molar-refractivity contribution < 1.29 is 42.8 Å². The van der Waals surface area contributed by atoms with Crippen molar-refractivity contribution in [2.45, 2.75) is 81.5 Å². The molecule has 2 aliphatic rings. The van der Waals surface area contributed by atoms with Gasteiger partial charge in [-0.15, -0.1) is 5.25 Å². The average molecular weight is 586 g/mol. The summed E-state index contributed by atoms with van der Waals surface area (Å²) in [5, 5.41) is 23.5. The van der Waals surface area contributed by atoms with Gasteiger partial charge in [0.2, 0.25) is 0 Å². The number of aliphatic hydroxyl groups is 2. The lowest BCUT2D eigenvalue weighted by Gasteiger charge is -2.29. The summed E-state index contributed by atoms with van der Waals surface area (Å²) in [6.45, 7) is 1.20. The number of H-pyrrole nitrogens is 1. The fourth-order valence-corrected chi connectivity index (χ4v) is 6.00. The Labute approximate surface area is 228 Å². The van der Waals surface area contributed by atoms with Gasteiger partial charge < -0.3 is 24.2 Å². The number of nitrogens with one attached hydrogen (secondary N) is 2. The number of carbonyl (C=O) groups is 1. The predicted octanol–water partition coefficient (Wildman–Crippen LogP) is 1.90. The summed E-state index contributed by atoms with van der Waals surface area (Å²) in [5.41, 5.74) is -5.49. The molecule has 4 rings (SSSR count). The highest BCUT2D eigenvalue weighted by Crippen LogP contribution is 2.50. The first-order valence-electron chi connectivity index (χ1n) is 12.9. The zero-order chi connectivity index (χ0) is 29.1. The van der Waals surface area contributed by atoms with Crippen LogP contribution < -0.4 is 21.0 Å². The zero-order valence-corrected chi connectivity index (χ0v) is 22.9. The molecule has 0 spiro atoms. The van der Waals surface area contributed by atoms with E-state index in [0.717, 1.165) is 38.4 Å². The van der Waals surface area contributed by atoms with Crippen molar-refractivity contribution in [2.75, 3.05) is 6.61 Å². The van der Waals surface area contributed by atoms with Crippen LogP contribution in [0.15, 0.2) is 52.2 Å². The molecule has 2 aromatic rings. The molecule has 13 nitrogen and oxygen atoms in total. The molecular formula is C25H33FN3O10P. The summed E-state index contributed by atoms with van der Waals surface area (Å²) in [4.78, 5) is 43.6. The van der Waals surface area contributed by atoms with Crippen molar-refractivity contribution in [2.24, 2.45) is 0 Å². The van der Waals surface area contributed by atoms with Crippen molar-refractivity contribution in [1.29, 1.82) is 0 Å². The molecule has 1 aliphatic heterocycles. The lowest BCUT2D eigenvalue weighted by molar-refractivity contribution is -0.221. The van der Waals surface area contributed by atoms with Crippen molar-refractivity contribution >= 4 is 13.5 Å². The van der Waals surface area contributed by atoms with E-state index in [-0.39, 0.29) is 11.9 Å².